The first-order valence-electron chi connectivity index (χ1n) is 5.43. The standard InChI is InChI=1S/C13H14BrNO2S/c1-8-4-9(16-2)5-11(17-3)13(8)10-7-18-12(6-14)15-10/h4-5,7H,6H2,1-3H3. The number of alkyl halides is 1. The fourth-order valence-corrected chi connectivity index (χ4v) is 2.97. The maximum atomic E-state index is 5.44. The van der Waals surface area contributed by atoms with Gasteiger partial charge < -0.3 is 9.47 Å². The van der Waals surface area contributed by atoms with E-state index in [2.05, 4.69) is 20.9 Å². The van der Waals surface area contributed by atoms with E-state index in [4.69, 9.17) is 9.47 Å². The van der Waals surface area contributed by atoms with Crippen molar-refractivity contribution in [2.24, 2.45) is 0 Å². The van der Waals surface area contributed by atoms with E-state index in [1.807, 2.05) is 24.4 Å². The fourth-order valence-electron chi connectivity index (χ4n) is 1.82. The van der Waals surface area contributed by atoms with Crippen LogP contribution in [0.2, 0.25) is 0 Å². The van der Waals surface area contributed by atoms with Gasteiger partial charge in [-0.15, -0.1) is 11.3 Å². The third-order valence-corrected chi connectivity index (χ3v) is 4.40. The summed E-state index contributed by atoms with van der Waals surface area (Å²) in [5, 5.41) is 3.88. The van der Waals surface area contributed by atoms with Gasteiger partial charge in [0, 0.05) is 17.0 Å². The van der Waals surface area contributed by atoms with E-state index < -0.39 is 0 Å². The minimum Gasteiger partial charge on any atom is -0.497 e. The summed E-state index contributed by atoms with van der Waals surface area (Å²) in [6.45, 7) is 2.04. The second-order valence-electron chi connectivity index (χ2n) is 3.78. The Hall–Kier alpha value is -1.07. The number of aromatic nitrogens is 1. The number of hydrogen-bond donors (Lipinski definition) is 0. The molecule has 0 spiro atoms. The molecule has 0 saturated heterocycles. The van der Waals surface area contributed by atoms with Crippen molar-refractivity contribution < 1.29 is 9.47 Å². The predicted octanol–water partition coefficient (Wildman–Crippen LogP) is 4.03. The average Bonchev–Trinajstić information content (AvgIpc) is 2.85. The molecule has 0 bridgehead atoms. The Kier molecular flexibility index (Phi) is 4.24. The Morgan fingerprint density at radius 1 is 1.28 bits per heavy atom. The number of ether oxygens (including phenoxy) is 2. The summed E-state index contributed by atoms with van der Waals surface area (Å²) < 4.78 is 10.7. The van der Waals surface area contributed by atoms with Crippen molar-refractivity contribution in [3.63, 3.8) is 0 Å². The van der Waals surface area contributed by atoms with Gasteiger partial charge in [0.15, 0.2) is 0 Å². The van der Waals surface area contributed by atoms with Gasteiger partial charge in [0.2, 0.25) is 0 Å². The summed E-state index contributed by atoms with van der Waals surface area (Å²) in [6, 6.07) is 3.88. The number of aryl methyl sites for hydroxylation is 1. The van der Waals surface area contributed by atoms with Crippen LogP contribution in [-0.2, 0) is 5.33 Å². The molecule has 0 unspecified atom stereocenters. The molecule has 96 valence electrons. The van der Waals surface area contributed by atoms with Crippen LogP contribution in [0.4, 0.5) is 0 Å². The van der Waals surface area contributed by atoms with Gasteiger partial charge in [-0.05, 0) is 18.6 Å². The van der Waals surface area contributed by atoms with Gasteiger partial charge in [-0.1, -0.05) is 15.9 Å². The van der Waals surface area contributed by atoms with E-state index in [1.54, 1.807) is 25.6 Å². The average molecular weight is 328 g/mol. The van der Waals surface area contributed by atoms with Crippen molar-refractivity contribution in [2.45, 2.75) is 12.3 Å². The van der Waals surface area contributed by atoms with Crippen molar-refractivity contribution in [2.75, 3.05) is 14.2 Å². The van der Waals surface area contributed by atoms with Gasteiger partial charge in [-0.25, -0.2) is 4.98 Å². The molecule has 1 heterocycles. The van der Waals surface area contributed by atoms with Crippen molar-refractivity contribution in [1.29, 1.82) is 0 Å². The molecule has 2 aromatic rings. The highest BCUT2D eigenvalue weighted by Crippen LogP contribution is 2.37. The van der Waals surface area contributed by atoms with Crippen LogP contribution in [0.3, 0.4) is 0 Å². The first-order chi connectivity index (χ1) is 8.69. The molecule has 0 aliphatic carbocycles. The van der Waals surface area contributed by atoms with E-state index in [9.17, 15) is 0 Å². The van der Waals surface area contributed by atoms with Crippen molar-refractivity contribution in [1.82, 2.24) is 4.98 Å². The van der Waals surface area contributed by atoms with E-state index in [0.717, 1.165) is 38.7 Å². The Morgan fingerprint density at radius 2 is 2.06 bits per heavy atom. The number of methoxy groups -OCH3 is 2. The van der Waals surface area contributed by atoms with E-state index in [1.165, 1.54) is 0 Å². The number of halogens is 1. The van der Waals surface area contributed by atoms with Crippen LogP contribution < -0.4 is 9.47 Å². The molecule has 0 amide bonds. The van der Waals surface area contributed by atoms with Gasteiger partial charge in [-0.3, -0.25) is 0 Å². The molecular formula is C13H14BrNO2S. The topological polar surface area (TPSA) is 31.4 Å². The Bertz CT molecular complexity index is 554. The van der Waals surface area contributed by atoms with E-state index >= 15 is 0 Å². The van der Waals surface area contributed by atoms with Crippen LogP contribution in [0.15, 0.2) is 17.5 Å². The molecule has 0 aliphatic rings. The molecule has 0 saturated carbocycles. The van der Waals surface area contributed by atoms with Crippen molar-refractivity contribution in [3.8, 4) is 22.8 Å². The lowest BCUT2D eigenvalue weighted by Crippen LogP contribution is -1.94. The van der Waals surface area contributed by atoms with Crippen LogP contribution in [-0.4, -0.2) is 19.2 Å². The molecule has 0 aliphatic heterocycles. The zero-order valence-electron chi connectivity index (χ0n) is 10.5. The number of thiazole rings is 1. The van der Waals surface area contributed by atoms with Crippen molar-refractivity contribution >= 4 is 27.3 Å². The van der Waals surface area contributed by atoms with Gasteiger partial charge in [0.25, 0.3) is 0 Å². The molecule has 0 N–H and O–H groups in total. The largest absolute Gasteiger partial charge is 0.497 e. The molecule has 0 fully saturated rings. The summed E-state index contributed by atoms with van der Waals surface area (Å²) in [6.07, 6.45) is 0. The number of hydrogen-bond acceptors (Lipinski definition) is 4. The first-order valence-corrected chi connectivity index (χ1v) is 7.43. The summed E-state index contributed by atoms with van der Waals surface area (Å²) in [5.74, 6) is 1.59. The molecular weight excluding hydrogens is 314 g/mol. The third-order valence-electron chi connectivity index (χ3n) is 2.65. The Morgan fingerprint density at radius 3 is 2.61 bits per heavy atom. The maximum absolute atomic E-state index is 5.44. The molecule has 18 heavy (non-hydrogen) atoms. The molecule has 1 aromatic heterocycles. The highest BCUT2D eigenvalue weighted by atomic mass is 79.9. The smallest absolute Gasteiger partial charge is 0.132 e. The summed E-state index contributed by atoms with van der Waals surface area (Å²) in [4.78, 5) is 4.57. The normalized spacial score (nSPS) is 10.4. The molecule has 0 radical (unpaired) electrons. The monoisotopic (exact) mass is 327 g/mol. The van der Waals surface area contributed by atoms with Gasteiger partial charge in [0.05, 0.1) is 25.2 Å². The number of rotatable bonds is 4. The highest BCUT2D eigenvalue weighted by Gasteiger charge is 2.14. The molecule has 0 atom stereocenters. The first kappa shape index (κ1) is 13.4. The fraction of sp³-hybridized carbons (Fsp3) is 0.308. The molecule has 2 rings (SSSR count). The summed E-state index contributed by atoms with van der Waals surface area (Å²) in [7, 11) is 3.31. The lowest BCUT2D eigenvalue weighted by Gasteiger charge is -2.12. The van der Waals surface area contributed by atoms with E-state index in [0.29, 0.717) is 0 Å². The second-order valence-corrected chi connectivity index (χ2v) is 5.29. The predicted molar refractivity (Wildman–Crippen MR) is 78.0 cm³/mol. The minimum absolute atomic E-state index is 0.773. The summed E-state index contributed by atoms with van der Waals surface area (Å²) >= 11 is 5.05. The van der Waals surface area contributed by atoms with Gasteiger partial charge in [0.1, 0.15) is 16.5 Å². The molecule has 3 nitrogen and oxygen atoms in total. The minimum atomic E-state index is 0.773. The zero-order chi connectivity index (χ0) is 13.1. The summed E-state index contributed by atoms with van der Waals surface area (Å²) in [5.41, 5.74) is 3.07. The zero-order valence-corrected chi connectivity index (χ0v) is 12.9. The van der Waals surface area contributed by atoms with Gasteiger partial charge >= 0.3 is 0 Å². The Balaban J connectivity index is 2.55. The Labute approximate surface area is 119 Å². The van der Waals surface area contributed by atoms with Crippen LogP contribution >= 0.6 is 27.3 Å². The SMILES string of the molecule is COc1cc(C)c(-c2csc(CBr)n2)c(OC)c1. The molecule has 5 heteroatoms. The van der Waals surface area contributed by atoms with Gasteiger partial charge in [-0.2, -0.15) is 0 Å². The van der Waals surface area contributed by atoms with E-state index in [-0.39, 0.29) is 0 Å². The highest BCUT2D eigenvalue weighted by molar-refractivity contribution is 9.08. The number of benzene rings is 1. The number of nitrogens with zero attached hydrogens (tertiary/aromatic N) is 1. The molecule has 1 aromatic carbocycles. The second kappa shape index (κ2) is 5.71. The lowest BCUT2D eigenvalue weighted by molar-refractivity contribution is 0.395. The van der Waals surface area contributed by atoms with Crippen molar-refractivity contribution in [3.05, 3.63) is 28.1 Å². The quantitative estimate of drug-likeness (QED) is 0.794. The van der Waals surface area contributed by atoms with Crippen LogP contribution in [0, 0.1) is 6.92 Å². The van der Waals surface area contributed by atoms with Crippen LogP contribution in [0.1, 0.15) is 10.6 Å². The van der Waals surface area contributed by atoms with Crippen LogP contribution in [0.5, 0.6) is 11.5 Å². The maximum Gasteiger partial charge on any atom is 0.132 e. The lowest BCUT2D eigenvalue weighted by atomic mass is 10.0. The van der Waals surface area contributed by atoms with Crippen LogP contribution in [0.25, 0.3) is 11.3 Å². The third kappa shape index (κ3) is 2.52.